The standard InChI is InChI=1S/C26H24F2N6O/c1-16-3-4-24(34-6-2-5-30-34)19(7-16)26(35)33-14-17-8-18(15-33)13-32(12-17)25-11-29-22-9-20(27)21(28)10-23(22)31-25/h2-7,9-11,17-18H,8,12-15H2,1H3. The number of benzene rings is 2. The minimum absolute atomic E-state index is 0.0188. The number of aromatic nitrogens is 4. The van der Waals surface area contributed by atoms with Crippen molar-refractivity contribution in [2.75, 3.05) is 31.1 Å². The Hall–Kier alpha value is -3.88. The van der Waals surface area contributed by atoms with Gasteiger partial charge in [-0.3, -0.25) is 9.78 Å². The summed E-state index contributed by atoms with van der Waals surface area (Å²) in [6.45, 7) is 4.74. The van der Waals surface area contributed by atoms with E-state index in [1.54, 1.807) is 17.1 Å². The van der Waals surface area contributed by atoms with Crippen LogP contribution in [-0.2, 0) is 0 Å². The van der Waals surface area contributed by atoms with Gasteiger partial charge in [0.1, 0.15) is 5.82 Å². The molecule has 2 aromatic carbocycles. The van der Waals surface area contributed by atoms with Crippen LogP contribution in [0.3, 0.4) is 0 Å². The van der Waals surface area contributed by atoms with Gasteiger partial charge in [0.2, 0.25) is 0 Å². The Morgan fingerprint density at radius 1 is 1.00 bits per heavy atom. The van der Waals surface area contributed by atoms with Gasteiger partial charge in [0, 0.05) is 50.7 Å². The number of hydrogen-bond acceptors (Lipinski definition) is 5. The fourth-order valence-corrected chi connectivity index (χ4v) is 5.39. The van der Waals surface area contributed by atoms with Crippen LogP contribution < -0.4 is 4.90 Å². The second kappa shape index (κ2) is 8.41. The Bertz CT molecular complexity index is 1410. The van der Waals surface area contributed by atoms with Crippen LogP contribution in [0.5, 0.6) is 0 Å². The first-order chi connectivity index (χ1) is 16.9. The van der Waals surface area contributed by atoms with Crippen LogP contribution in [0.1, 0.15) is 22.3 Å². The van der Waals surface area contributed by atoms with E-state index in [-0.39, 0.29) is 17.7 Å². The number of nitrogens with zero attached hydrogens (tertiary/aromatic N) is 6. The summed E-state index contributed by atoms with van der Waals surface area (Å²) in [4.78, 5) is 26.6. The summed E-state index contributed by atoms with van der Waals surface area (Å²) in [5.74, 6) is -0.623. The van der Waals surface area contributed by atoms with Crippen molar-refractivity contribution in [1.29, 1.82) is 0 Å². The highest BCUT2D eigenvalue weighted by atomic mass is 19.2. The van der Waals surface area contributed by atoms with E-state index in [0.29, 0.717) is 35.5 Å². The molecular formula is C26H24F2N6O. The first kappa shape index (κ1) is 21.6. The summed E-state index contributed by atoms with van der Waals surface area (Å²) < 4.78 is 29.0. The zero-order valence-electron chi connectivity index (χ0n) is 19.2. The minimum Gasteiger partial charge on any atom is -0.355 e. The van der Waals surface area contributed by atoms with Crippen molar-refractivity contribution in [3.8, 4) is 5.69 Å². The lowest BCUT2D eigenvalue weighted by Gasteiger charge is -2.46. The van der Waals surface area contributed by atoms with Crippen molar-refractivity contribution in [3.05, 3.63) is 77.8 Å². The molecule has 2 aliphatic rings. The quantitative estimate of drug-likeness (QED) is 0.449. The van der Waals surface area contributed by atoms with E-state index in [1.807, 2.05) is 42.3 Å². The smallest absolute Gasteiger partial charge is 0.256 e. The van der Waals surface area contributed by atoms with E-state index in [0.717, 1.165) is 42.9 Å². The molecule has 0 radical (unpaired) electrons. The number of fused-ring (bicyclic) bond motifs is 3. The van der Waals surface area contributed by atoms with Crippen molar-refractivity contribution in [1.82, 2.24) is 24.6 Å². The highest BCUT2D eigenvalue weighted by molar-refractivity contribution is 5.98. The second-order valence-corrected chi connectivity index (χ2v) is 9.54. The van der Waals surface area contributed by atoms with E-state index in [4.69, 9.17) is 0 Å². The van der Waals surface area contributed by atoms with E-state index in [9.17, 15) is 13.6 Å². The largest absolute Gasteiger partial charge is 0.355 e. The molecule has 0 spiro atoms. The first-order valence-electron chi connectivity index (χ1n) is 11.7. The maximum atomic E-state index is 13.7. The van der Waals surface area contributed by atoms with Gasteiger partial charge >= 0.3 is 0 Å². The highest BCUT2D eigenvalue weighted by Crippen LogP contribution is 2.32. The van der Waals surface area contributed by atoms with Gasteiger partial charge in [-0.25, -0.2) is 18.4 Å². The maximum absolute atomic E-state index is 13.7. The molecule has 9 heteroatoms. The molecule has 2 atom stereocenters. The molecule has 6 rings (SSSR count). The molecule has 2 bridgehead atoms. The Kier molecular flexibility index (Phi) is 5.20. The van der Waals surface area contributed by atoms with E-state index in [1.165, 1.54) is 0 Å². The number of piperidine rings is 2. The molecule has 0 N–H and O–H groups in total. The van der Waals surface area contributed by atoms with Gasteiger partial charge < -0.3 is 9.80 Å². The Labute approximate surface area is 201 Å². The van der Waals surface area contributed by atoms with Crippen LogP contribution in [0, 0.1) is 30.4 Å². The summed E-state index contributed by atoms with van der Waals surface area (Å²) in [7, 11) is 0. The predicted octanol–water partition coefficient (Wildman–Crippen LogP) is 4.00. The van der Waals surface area contributed by atoms with Gasteiger partial charge in [-0.2, -0.15) is 5.10 Å². The summed E-state index contributed by atoms with van der Waals surface area (Å²) in [6.07, 6.45) is 6.21. The molecule has 35 heavy (non-hydrogen) atoms. The normalized spacial score (nSPS) is 19.9. The SMILES string of the molecule is Cc1ccc(-n2cccn2)c(C(=O)N2CC3CC(C2)CN(c2cnc4cc(F)c(F)cc4n2)C3)c1. The second-order valence-electron chi connectivity index (χ2n) is 9.54. The maximum Gasteiger partial charge on any atom is 0.256 e. The van der Waals surface area contributed by atoms with Crippen molar-refractivity contribution < 1.29 is 13.6 Å². The van der Waals surface area contributed by atoms with Crippen molar-refractivity contribution in [3.63, 3.8) is 0 Å². The molecule has 2 aliphatic heterocycles. The Balaban J connectivity index is 1.23. The van der Waals surface area contributed by atoms with Gasteiger partial charge in [-0.1, -0.05) is 11.6 Å². The average Bonchev–Trinajstić information content (AvgIpc) is 3.38. The summed E-state index contributed by atoms with van der Waals surface area (Å²) in [5.41, 5.74) is 3.12. The molecule has 4 heterocycles. The van der Waals surface area contributed by atoms with E-state index in [2.05, 4.69) is 20.0 Å². The molecule has 2 aromatic heterocycles. The number of anilines is 1. The number of carbonyl (C=O) groups is 1. The van der Waals surface area contributed by atoms with E-state index >= 15 is 0 Å². The fraction of sp³-hybridized carbons (Fsp3) is 0.308. The molecule has 7 nitrogen and oxygen atoms in total. The van der Waals surface area contributed by atoms with Crippen molar-refractivity contribution in [2.45, 2.75) is 13.3 Å². The minimum atomic E-state index is -0.931. The van der Waals surface area contributed by atoms with Crippen LogP contribution in [0.2, 0.25) is 0 Å². The third-order valence-electron chi connectivity index (χ3n) is 6.90. The molecule has 2 unspecified atom stereocenters. The number of hydrogen-bond donors (Lipinski definition) is 0. The third kappa shape index (κ3) is 4.00. The molecule has 1 amide bonds. The fourth-order valence-electron chi connectivity index (χ4n) is 5.39. The molecule has 4 aromatic rings. The predicted molar refractivity (Wildman–Crippen MR) is 127 cm³/mol. The lowest BCUT2D eigenvalue weighted by atomic mass is 9.84. The zero-order chi connectivity index (χ0) is 24.1. The Morgan fingerprint density at radius 2 is 1.74 bits per heavy atom. The highest BCUT2D eigenvalue weighted by Gasteiger charge is 2.37. The van der Waals surface area contributed by atoms with Gasteiger partial charge in [0.25, 0.3) is 5.91 Å². The summed E-state index contributed by atoms with van der Waals surface area (Å²) in [6, 6.07) is 9.86. The summed E-state index contributed by atoms with van der Waals surface area (Å²) in [5, 5.41) is 4.32. The Morgan fingerprint density at radius 3 is 2.46 bits per heavy atom. The molecule has 178 valence electrons. The van der Waals surface area contributed by atoms with Gasteiger partial charge in [0.05, 0.1) is 28.5 Å². The number of halogens is 2. The van der Waals surface area contributed by atoms with Crippen LogP contribution in [0.4, 0.5) is 14.6 Å². The molecular weight excluding hydrogens is 450 g/mol. The summed E-state index contributed by atoms with van der Waals surface area (Å²) >= 11 is 0. The number of rotatable bonds is 3. The molecule has 2 fully saturated rings. The monoisotopic (exact) mass is 474 g/mol. The van der Waals surface area contributed by atoms with Crippen molar-refractivity contribution >= 4 is 22.8 Å². The average molecular weight is 475 g/mol. The molecule has 2 saturated heterocycles. The first-order valence-corrected chi connectivity index (χ1v) is 11.7. The van der Waals surface area contributed by atoms with Crippen LogP contribution >= 0.6 is 0 Å². The third-order valence-corrected chi connectivity index (χ3v) is 6.90. The lowest BCUT2D eigenvalue weighted by molar-refractivity contribution is 0.0564. The van der Waals surface area contributed by atoms with Gasteiger partial charge in [-0.05, 0) is 43.4 Å². The van der Waals surface area contributed by atoms with Gasteiger partial charge in [0.15, 0.2) is 11.6 Å². The van der Waals surface area contributed by atoms with Crippen LogP contribution in [0.15, 0.2) is 55.0 Å². The molecule has 0 saturated carbocycles. The number of likely N-dealkylation sites (tertiary alicyclic amines) is 1. The van der Waals surface area contributed by atoms with Crippen LogP contribution in [-0.4, -0.2) is 56.7 Å². The topological polar surface area (TPSA) is 67.2 Å². The number of carbonyl (C=O) groups excluding carboxylic acids is 1. The zero-order valence-corrected chi connectivity index (χ0v) is 19.2. The number of amides is 1. The van der Waals surface area contributed by atoms with Gasteiger partial charge in [-0.15, -0.1) is 0 Å². The van der Waals surface area contributed by atoms with E-state index < -0.39 is 11.6 Å². The lowest BCUT2D eigenvalue weighted by Crippen LogP contribution is -2.54. The molecule has 0 aliphatic carbocycles. The van der Waals surface area contributed by atoms with Crippen molar-refractivity contribution in [2.24, 2.45) is 11.8 Å². The van der Waals surface area contributed by atoms with Crippen LogP contribution in [0.25, 0.3) is 16.7 Å². The number of aryl methyl sites for hydroxylation is 1.